The van der Waals surface area contributed by atoms with Crippen molar-refractivity contribution in [2.45, 2.75) is 13.8 Å². The smallest absolute Gasteiger partial charge is 0.298 e. The first-order valence-corrected chi connectivity index (χ1v) is 9.34. The number of nitrogens with two attached hydrogens (primary N) is 1. The zero-order valence-corrected chi connectivity index (χ0v) is 16.7. The van der Waals surface area contributed by atoms with Gasteiger partial charge < -0.3 is 4.42 Å². The molecule has 0 bridgehead atoms. The van der Waals surface area contributed by atoms with Crippen molar-refractivity contribution in [1.82, 2.24) is 9.99 Å². The van der Waals surface area contributed by atoms with E-state index in [-0.39, 0.29) is 28.3 Å². The molecule has 156 valence electrons. The van der Waals surface area contributed by atoms with Gasteiger partial charge in [-0.05, 0) is 43.7 Å². The number of furan rings is 1. The number of rotatable bonds is 4. The number of nitrogen functional groups attached to an aromatic ring is 1. The molecule has 0 aliphatic heterocycles. The van der Waals surface area contributed by atoms with Crippen molar-refractivity contribution in [3.63, 3.8) is 0 Å². The maximum atomic E-state index is 13.3. The Labute approximate surface area is 176 Å². The number of nitro benzene ring substituents is 1. The first kappa shape index (κ1) is 20.0. The Balaban J connectivity index is 1.83. The number of aromatic nitrogens is 1. The second kappa shape index (κ2) is 7.54. The molecular weight excluding hydrogens is 400 g/mol. The highest BCUT2D eigenvalue weighted by Gasteiger charge is 2.26. The number of nitrogens with one attached hydrogen (secondary N) is 1. The van der Waals surface area contributed by atoms with E-state index in [0.29, 0.717) is 16.6 Å². The third-order valence-electron chi connectivity index (χ3n) is 5.10. The van der Waals surface area contributed by atoms with Gasteiger partial charge in [-0.2, -0.15) is 0 Å². The molecule has 0 saturated heterocycles. The standard InChI is InChI=1S/C22H18N4O5/c1-12-7-8-14(17(11-12)26(29)30)18-9-10-19(31-18)22(28)25-13(2)20(21(27)24-23)15-5-3-4-6-16(15)25/h3-11H,23H2,1-2H3,(H,24,27). The fourth-order valence-corrected chi connectivity index (χ4v) is 3.70. The summed E-state index contributed by atoms with van der Waals surface area (Å²) in [5, 5.41) is 12.0. The average Bonchev–Trinajstić information content (AvgIpc) is 3.35. The van der Waals surface area contributed by atoms with Crippen molar-refractivity contribution in [1.29, 1.82) is 0 Å². The number of hydrogen-bond acceptors (Lipinski definition) is 6. The summed E-state index contributed by atoms with van der Waals surface area (Å²) >= 11 is 0. The van der Waals surface area contributed by atoms with Crippen molar-refractivity contribution < 1.29 is 18.9 Å². The Bertz CT molecular complexity index is 1370. The molecule has 0 aliphatic rings. The van der Waals surface area contributed by atoms with Crippen LogP contribution in [0.5, 0.6) is 0 Å². The maximum absolute atomic E-state index is 13.3. The lowest BCUT2D eigenvalue weighted by Crippen LogP contribution is -2.30. The Morgan fingerprint density at radius 1 is 1.10 bits per heavy atom. The van der Waals surface area contributed by atoms with Crippen LogP contribution in [0.2, 0.25) is 0 Å². The van der Waals surface area contributed by atoms with Gasteiger partial charge in [-0.15, -0.1) is 0 Å². The minimum absolute atomic E-state index is 0.0200. The molecule has 2 aromatic heterocycles. The van der Waals surface area contributed by atoms with E-state index in [9.17, 15) is 19.7 Å². The van der Waals surface area contributed by atoms with Gasteiger partial charge in [-0.3, -0.25) is 29.7 Å². The lowest BCUT2D eigenvalue weighted by molar-refractivity contribution is -0.384. The topological polar surface area (TPSA) is 133 Å². The number of nitrogens with zero attached hydrogens (tertiary/aromatic N) is 2. The highest BCUT2D eigenvalue weighted by atomic mass is 16.6. The zero-order valence-electron chi connectivity index (χ0n) is 16.7. The normalized spacial score (nSPS) is 10.9. The Morgan fingerprint density at radius 3 is 2.55 bits per heavy atom. The number of benzene rings is 2. The lowest BCUT2D eigenvalue weighted by atomic mass is 10.1. The van der Waals surface area contributed by atoms with E-state index in [2.05, 4.69) is 5.43 Å². The van der Waals surface area contributed by atoms with Crippen molar-refractivity contribution in [3.05, 3.63) is 87.3 Å². The summed E-state index contributed by atoms with van der Waals surface area (Å²) in [5.41, 5.74) is 4.19. The van der Waals surface area contributed by atoms with Gasteiger partial charge >= 0.3 is 0 Å². The number of carbonyl (C=O) groups is 2. The van der Waals surface area contributed by atoms with Crippen molar-refractivity contribution >= 4 is 28.4 Å². The summed E-state index contributed by atoms with van der Waals surface area (Å²) in [4.78, 5) is 36.5. The van der Waals surface area contributed by atoms with Crippen molar-refractivity contribution in [2.24, 2.45) is 5.84 Å². The number of amides is 1. The summed E-state index contributed by atoms with van der Waals surface area (Å²) in [6.45, 7) is 3.39. The molecule has 9 nitrogen and oxygen atoms in total. The van der Waals surface area contributed by atoms with Crippen LogP contribution in [0.15, 0.2) is 59.0 Å². The summed E-state index contributed by atoms with van der Waals surface area (Å²) in [5.74, 6) is 4.46. The van der Waals surface area contributed by atoms with Gasteiger partial charge in [0.15, 0.2) is 5.76 Å². The number of carbonyl (C=O) groups excluding carboxylic acids is 2. The molecule has 0 saturated carbocycles. The van der Waals surface area contributed by atoms with Gasteiger partial charge in [0.1, 0.15) is 5.76 Å². The zero-order chi connectivity index (χ0) is 22.3. The number of aryl methyl sites for hydroxylation is 1. The quantitative estimate of drug-likeness (QED) is 0.225. The lowest BCUT2D eigenvalue weighted by Gasteiger charge is -2.05. The van der Waals surface area contributed by atoms with Gasteiger partial charge in [0, 0.05) is 17.1 Å². The van der Waals surface area contributed by atoms with Gasteiger partial charge in [0.25, 0.3) is 17.5 Å². The molecule has 4 rings (SSSR count). The van der Waals surface area contributed by atoms with E-state index in [1.165, 1.54) is 22.8 Å². The van der Waals surface area contributed by atoms with Crippen LogP contribution < -0.4 is 11.3 Å². The predicted molar refractivity (Wildman–Crippen MR) is 114 cm³/mol. The highest BCUT2D eigenvalue weighted by molar-refractivity contribution is 6.12. The molecule has 1 amide bonds. The third-order valence-corrected chi connectivity index (χ3v) is 5.10. The van der Waals surface area contributed by atoms with Crippen LogP contribution in [0, 0.1) is 24.0 Å². The Hall–Kier alpha value is -4.24. The fourth-order valence-electron chi connectivity index (χ4n) is 3.70. The van der Waals surface area contributed by atoms with E-state index >= 15 is 0 Å². The van der Waals surface area contributed by atoms with Crippen LogP contribution in [-0.4, -0.2) is 21.3 Å². The van der Waals surface area contributed by atoms with E-state index in [1.807, 2.05) is 0 Å². The molecule has 0 aliphatic carbocycles. The second-order valence-electron chi connectivity index (χ2n) is 7.03. The number of hydrogen-bond donors (Lipinski definition) is 2. The van der Waals surface area contributed by atoms with E-state index in [1.54, 1.807) is 50.2 Å². The molecule has 2 heterocycles. The van der Waals surface area contributed by atoms with Crippen LogP contribution in [0.1, 0.15) is 32.2 Å². The van der Waals surface area contributed by atoms with Crippen molar-refractivity contribution in [2.75, 3.05) is 0 Å². The highest BCUT2D eigenvalue weighted by Crippen LogP contribution is 2.33. The van der Waals surface area contributed by atoms with Crippen LogP contribution in [0.25, 0.3) is 22.2 Å². The van der Waals surface area contributed by atoms with Crippen LogP contribution in [0.3, 0.4) is 0 Å². The van der Waals surface area contributed by atoms with Crippen molar-refractivity contribution in [3.8, 4) is 11.3 Å². The van der Waals surface area contributed by atoms with Gasteiger partial charge in [0.2, 0.25) is 0 Å². The first-order valence-electron chi connectivity index (χ1n) is 9.34. The van der Waals surface area contributed by atoms with Gasteiger partial charge in [0.05, 0.1) is 21.6 Å². The molecule has 2 aromatic carbocycles. The molecule has 0 spiro atoms. The molecule has 3 N–H and O–H groups in total. The number of nitro groups is 1. The first-order chi connectivity index (χ1) is 14.8. The summed E-state index contributed by atoms with van der Waals surface area (Å²) in [6.07, 6.45) is 0. The molecule has 31 heavy (non-hydrogen) atoms. The van der Waals surface area contributed by atoms with Crippen LogP contribution in [0.4, 0.5) is 5.69 Å². The molecule has 4 aromatic rings. The minimum atomic E-state index is -0.518. The monoisotopic (exact) mass is 418 g/mol. The molecule has 0 radical (unpaired) electrons. The van der Waals surface area contributed by atoms with E-state index in [4.69, 9.17) is 10.3 Å². The maximum Gasteiger partial charge on any atom is 0.298 e. The molecular formula is C22H18N4O5. The molecule has 9 heteroatoms. The number of fused-ring (bicyclic) bond motifs is 1. The second-order valence-corrected chi connectivity index (χ2v) is 7.03. The predicted octanol–water partition coefficient (Wildman–Crippen LogP) is 3.72. The largest absolute Gasteiger partial charge is 0.451 e. The summed E-state index contributed by atoms with van der Waals surface area (Å²) < 4.78 is 7.08. The van der Waals surface area contributed by atoms with E-state index in [0.717, 1.165) is 5.56 Å². The SMILES string of the molecule is Cc1ccc(-c2ccc(C(=O)n3c(C)c(C(=O)NN)c4ccccc43)o2)c([N+](=O)[O-])c1. The van der Waals surface area contributed by atoms with Crippen LogP contribution >= 0.6 is 0 Å². The fraction of sp³-hybridized carbons (Fsp3) is 0.0909. The molecule has 0 unspecified atom stereocenters. The van der Waals surface area contributed by atoms with Gasteiger partial charge in [-0.1, -0.05) is 24.3 Å². The summed E-state index contributed by atoms with van der Waals surface area (Å²) in [6, 6.07) is 14.7. The average molecular weight is 418 g/mol. The summed E-state index contributed by atoms with van der Waals surface area (Å²) in [7, 11) is 0. The Kier molecular flexibility index (Phi) is 4.88. The van der Waals surface area contributed by atoms with Crippen LogP contribution in [-0.2, 0) is 0 Å². The minimum Gasteiger partial charge on any atom is -0.451 e. The molecule has 0 atom stereocenters. The number of para-hydroxylation sites is 1. The number of hydrazine groups is 1. The molecule has 0 fully saturated rings. The van der Waals surface area contributed by atoms with Gasteiger partial charge in [-0.25, -0.2) is 5.84 Å². The third kappa shape index (κ3) is 3.26. The Morgan fingerprint density at radius 2 is 1.84 bits per heavy atom. The van der Waals surface area contributed by atoms with E-state index < -0.39 is 16.7 Å².